The summed E-state index contributed by atoms with van der Waals surface area (Å²) >= 11 is 0. The molecular formula is C33H39N5O3. The molecule has 8 nitrogen and oxygen atoms in total. The molecule has 0 spiro atoms. The third-order valence-corrected chi connectivity index (χ3v) is 7.88. The van der Waals surface area contributed by atoms with Crippen LogP contribution in [0.2, 0.25) is 0 Å². The first-order valence-corrected chi connectivity index (χ1v) is 14.3. The summed E-state index contributed by atoms with van der Waals surface area (Å²) in [6, 6.07) is 19.5. The number of nitrogens with one attached hydrogen (secondary N) is 1. The number of hydrazine groups is 1. The van der Waals surface area contributed by atoms with Crippen LogP contribution in [0, 0.1) is 0 Å². The number of benzene rings is 2. The van der Waals surface area contributed by atoms with E-state index in [0.29, 0.717) is 39.0 Å². The van der Waals surface area contributed by atoms with Crippen LogP contribution >= 0.6 is 0 Å². The van der Waals surface area contributed by atoms with Gasteiger partial charge in [0.1, 0.15) is 18.0 Å². The van der Waals surface area contributed by atoms with Gasteiger partial charge >= 0.3 is 0 Å². The van der Waals surface area contributed by atoms with Crippen molar-refractivity contribution in [3.8, 4) is 0 Å². The molecule has 214 valence electrons. The maximum Gasteiger partial charge on any atom is 0.246 e. The molecule has 8 heteroatoms. The third kappa shape index (κ3) is 6.68. The Kier molecular flexibility index (Phi) is 9.14. The van der Waals surface area contributed by atoms with Gasteiger partial charge in [-0.3, -0.25) is 14.9 Å². The average molecular weight is 554 g/mol. The van der Waals surface area contributed by atoms with Crippen LogP contribution in [0.3, 0.4) is 0 Å². The number of amides is 2. The Labute approximate surface area is 242 Å². The monoisotopic (exact) mass is 553 g/mol. The molecule has 41 heavy (non-hydrogen) atoms. The first kappa shape index (κ1) is 28.5. The van der Waals surface area contributed by atoms with E-state index < -0.39 is 6.04 Å². The number of aliphatic hydroxyl groups is 1. The van der Waals surface area contributed by atoms with E-state index >= 15 is 0 Å². The number of rotatable bonds is 10. The SMILES string of the molecule is C=CCN1CC(=O)N2[C@@H](CC3=CCC=C(O)C=C3)C(=O)N(Cc3ccccc3)C[C@@H]2N1C(C)NCc1ccccc1. The Morgan fingerprint density at radius 2 is 1.73 bits per heavy atom. The third-order valence-electron chi connectivity index (χ3n) is 7.88. The van der Waals surface area contributed by atoms with E-state index in [4.69, 9.17) is 0 Å². The van der Waals surface area contributed by atoms with E-state index in [1.54, 1.807) is 17.1 Å². The zero-order valence-electron chi connectivity index (χ0n) is 23.6. The molecule has 1 unspecified atom stereocenters. The van der Waals surface area contributed by atoms with Crippen LogP contribution in [-0.2, 0) is 22.7 Å². The van der Waals surface area contributed by atoms with Crippen molar-refractivity contribution in [2.45, 2.75) is 51.2 Å². The van der Waals surface area contributed by atoms with Gasteiger partial charge in [0.05, 0.1) is 19.3 Å². The topological polar surface area (TPSA) is 79.4 Å². The molecule has 2 saturated heterocycles. The van der Waals surface area contributed by atoms with Gasteiger partial charge in [-0.15, -0.1) is 6.58 Å². The molecule has 0 aromatic heterocycles. The standard InChI is InChI=1S/C33H39N5O3/c1-3-19-36-24-32(40)37-30(20-26-15-10-16-29(39)18-17-26)33(41)35(22-28-13-8-5-9-14-28)23-31(37)38(36)25(2)34-21-27-11-6-4-7-12-27/h3-9,11-18,25,30-31,34,39H,1,10,19-24H2,2H3/t25?,30-,31-/m0/s1. The predicted octanol–water partition coefficient (Wildman–Crippen LogP) is 4.12. The van der Waals surface area contributed by atoms with Crippen molar-refractivity contribution >= 4 is 11.8 Å². The first-order valence-electron chi connectivity index (χ1n) is 14.3. The lowest BCUT2D eigenvalue weighted by Gasteiger charge is -2.57. The zero-order chi connectivity index (χ0) is 28.8. The van der Waals surface area contributed by atoms with E-state index in [0.717, 1.165) is 11.1 Å². The number of hydrogen-bond donors (Lipinski definition) is 2. The molecule has 0 radical (unpaired) electrons. The van der Waals surface area contributed by atoms with Crippen LogP contribution in [0.1, 0.15) is 30.9 Å². The molecule has 3 atom stereocenters. The molecule has 2 amide bonds. The van der Waals surface area contributed by atoms with E-state index in [-0.39, 0.29) is 36.4 Å². The molecule has 3 aliphatic rings. The van der Waals surface area contributed by atoms with Gasteiger partial charge < -0.3 is 14.9 Å². The van der Waals surface area contributed by atoms with Gasteiger partial charge in [-0.25, -0.2) is 5.01 Å². The maximum absolute atomic E-state index is 14.1. The second-order valence-electron chi connectivity index (χ2n) is 10.7. The Morgan fingerprint density at radius 1 is 1.02 bits per heavy atom. The van der Waals surface area contributed by atoms with Crippen molar-refractivity contribution in [1.82, 2.24) is 25.1 Å². The fourth-order valence-corrected chi connectivity index (χ4v) is 5.90. The molecular weight excluding hydrogens is 514 g/mol. The number of aliphatic hydroxyl groups excluding tert-OH is 1. The van der Waals surface area contributed by atoms with E-state index in [1.807, 2.05) is 76.7 Å². The van der Waals surface area contributed by atoms with Crippen molar-refractivity contribution in [3.05, 3.63) is 120 Å². The Hall–Kier alpha value is -3.98. The van der Waals surface area contributed by atoms with Crippen molar-refractivity contribution < 1.29 is 14.7 Å². The molecule has 2 aliphatic heterocycles. The average Bonchev–Trinajstić information content (AvgIpc) is 3.19. The lowest BCUT2D eigenvalue weighted by atomic mass is 9.97. The molecule has 1 aliphatic carbocycles. The second kappa shape index (κ2) is 13.1. The number of allylic oxidation sites excluding steroid dienone is 4. The van der Waals surface area contributed by atoms with E-state index in [1.165, 1.54) is 5.56 Å². The quantitative estimate of drug-likeness (QED) is 0.431. The van der Waals surface area contributed by atoms with Gasteiger partial charge in [-0.1, -0.05) is 78.9 Å². The lowest BCUT2D eigenvalue weighted by Crippen LogP contribution is -2.76. The minimum atomic E-state index is -0.657. The molecule has 2 N–H and O–H groups in total. The number of carbonyl (C=O) groups is 2. The Balaban J connectivity index is 1.47. The Morgan fingerprint density at radius 3 is 2.44 bits per heavy atom. The van der Waals surface area contributed by atoms with Crippen molar-refractivity contribution in [3.63, 3.8) is 0 Å². The summed E-state index contributed by atoms with van der Waals surface area (Å²) in [5.41, 5.74) is 3.14. The van der Waals surface area contributed by atoms with Gasteiger partial charge in [0, 0.05) is 26.1 Å². The molecule has 2 aromatic rings. The summed E-state index contributed by atoms with van der Waals surface area (Å²) in [5.74, 6) is 0.0739. The van der Waals surface area contributed by atoms with E-state index in [2.05, 4.69) is 36.0 Å². The van der Waals surface area contributed by atoms with Gasteiger partial charge in [0.25, 0.3) is 0 Å². The fraction of sp³-hybridized carbons (Fsp3) is 0.333. The summed E-state index contributed by atoms with van der Waals surface area (Å²) < 4.78 is 0. The van der Waals surface area contributed by atoms with Crippen LogP contribution < -0.4 is 5.32 Å². The van der Waals surface area contributed by atoms with E-state index in [9.17, 15) is 14.7 Å². The smallest absolute Gasteiger partial charge is 0.246 e. The van der Waals surface area contributed by atoms with Gasteiger partial charge in [-0.05, 0) is 42.2 Å². The fourth-order valence-electron chi connectivity index (χ4n) is 5.90. The largest absolute Gasteiger partial charge is 0.508 e. The number of carbonyl (C=O) groups excluding carboxylic acids is 2. The number of fused-ring (bicyclic) bond motifs is 1. The van der Waals surface area contributed by atoms with Gasteiger partial charge in [0.2, 0.25) is 11.8 Å². The highest BCUT2D eigenvalue weighted by Gasteiger charge is 2.50. The molecule has 0 bridgehead atoms. The summed E-state index contributed by atoms with van der Waals surface area (Å²) in [4.78, 5) is 31.6. The first-order chi connectivity index (χ1) is 19.9. The van der Waals surface area contributed by atoms with Crippen LogP contribution in [0.5, 0.6) is 0 Å². The van der Waals surface area contributed by atoms with Gasteiger partial charge in [0.15, 0.2) is 0 Å². The highest BCUT2D eigenvalue weighted by Crippen LogP contribution is 2.31. The van der Waals surface area contributed by atoms with Crippen LogP contribution in [0.25, 0.3) is 0 Å². The van der Waals surface area contributed by atoms with Crippen molar-refractivity contribution in [2.24, 2.45) is 0 Å². The van der Waals surface area contributed by atoms with Crippen LogP contribution in [0.4, 0.5) is 0 Å². The number of nitrogens with zero attached hydrogens (tertiary/aromatic N) is 4. The Bertz CT molecular complexity index is 1320. The number of hydrogen-bond acceptors (Lipinski definition) is 6. The summed E-state index contributed by atoms with van der Waals surface area (Å²) in [5, 5.41) is 17.9. The summed E-state index contributed by atoms with van der Waals surface area (Å²) in [6.45, 7) is 8.25. The maximum atomic E-state index is 14.1. The highest BCUT2D eigenvalue weighted by atomic mass is 16.3. The molecule has 2 heterocycles. The van der Waals surface area contributed by atoms with Crippen LogP contribution in [-0.4, -0.2) is 74.7 Å². The second-order valence-corrected chi connectivity index (χ2v) is 10.7. The van der Waals surface area contributed by atoms with Crippen molar-refractivity contribution in [2.75, 3.05) is 19.6 Å². The summed E-state index contributed by atoms with van der Waals surface area (Å²) in [7, 11) is 0. The minimum Gasteiger partial charge on any atom is -0.508 e. The predicted molar refractivity (Wildman–Crippen MR) is 160 cm³/mol. The highest BCUT2D eigenvalue weighted by molar-refractivity contribution is 5.90. The normalized spacial score (nSPS) is 22.6. The van der Waals surface area contributed by atoms with Crippen LogP contribution in [0.15, 0.2) is 109 Å². The molecule has 5 rings (SSSR count). The van der Waals surface area contributed by atoms with Crippen molar-refractivity contribution in [1.29, 1.82) is 0 Å². The molecule has 0 saturated carbocycles. The zero-order valence-corrected chi connectivity index (χ0v) is 23.6. The number of piperazine rings is 1. The minimum absolute atomic E-state index is 0.0591. The molecule has 2 fully saturated rings. The summed E-state index contributed by atoms with van der Waals surface area (Å²) in [6.07, 6.45) is 9.52. The molecule has 2 aromatic carbocycles. The lowest BCUT2D eigenvalue weighted by molar-refractivity contribution is -0.213. The van der Waals surface area contributed by atoms with Gasteiger partial charge in [-0.2, -0.15) is 5.01 Å².